The van der Waals surface area contributed by atoms with Gasteiger partial charge in [0.2, 0.25) is 0 Å². The maximum Gasteiger partial charge on any atom is 0.331 e. The van der Waals surface area contributed by atoms with Crippen LogP contribution in [0.15, 0.2) is 18.7 Å². The maximum absolute atomic E-state index is 10.6. The number of nitrogens with zero attached hydrogens (tertiary/aromatic N) is 2. The van der Waals surface area contributed by atoms with E-state index in [0.717, 1.165) is 0 Å². The van der Waals surface area contributed by atoms with E-state index < -0.39 is 0 Å². The van der Waals surface area contributed by atoms with Crippen molar-refractivity contribution >= 4 is 5.97 Å². The highest BCUT2D eigenvalue weighted by Crippen LogP contribution is 1.86. The summed E-state index contributed by atoms with van der Waals surface area (Å²) in [6, 6.07) is 0. The number of hydrogen-bond donors (Lipinski definition) is 0. The smallest absolute Gasteiger partial charge is 0.331 e. The highest BCUT2D eigenvalue weighted by atomic mass is 16.6. The molecule has 1 aromatic rings. The molecule has 0 aliphatic heterocycles. The molecule has 5 heteroatoms. The van der Waals surface area contributed by atoms with Crippen LogP contribution in [0, 0.1) is 0 Å². The van der Waals surface area contributed by atoms with Crippen LogP contribution in [0.5, 0.6) is 0 Å². The third kappa shape index (κ3) is 3.71. The van der Waals surface area contributed by atoms with E-state index in [2.05, 4.69) is 9.72 Å². The van der Waals surface area contributed by atoms with Crippen LogP contribution in [-0.4, -0.2) is 35.8 Å². The van der Waals surface area contributed by atoms with E-state index in [9.17, 15) is 4.79 Å². The normalized spacial score (nSPS) is 9.92. The van der Waals surface area contributed by atoms with Crippen molar-refractivity contribution in [1.82, 2.24) is 9.55 Å². The first-order chi connectivity index (χ1) is 6.33. The van der Waals surface area contributed by atoms with Crippen molar-refractivity contribution in [1.29, 1.82) is 0 Å². The van der Waals surface area contributed by atoms with Gasteiger partial charge in [-0.1, -0.05) is 0 Å². The van der Waals surface area contributed by atoms with E-state index in [0.29, 0.717) is 13.2 Å². The molecule has 1 rings (SSSR count). The Morgan fingerprint density at radius 2 is 2.46 bits per heavy atom. The summed E-state index contributed by atoms with van der Waals surface area (Å²) < 4.78 is 11.3. The van der Waals surface area contributed by atoms with Gasteiger partial charge in [-0.25, -0.2) is 9.78 Å². The summed E-state index contributed by atoms with van der Waals surface area (Å²) in [5.74, 6) is -0.356. The topological polar surface area (TPSA) is 53.4 Å². The molecule has 5 nitrogen and oxygen atoms in total. The third-order valence-electron chi connectivity index (χ3n) is 1.50. The number of ether oxygens (including phenoxy) is 2. The molecule has 0 radical (unpaired) electrons. The molecule has 0 N–H and O–H groups in total. The van der Waals surface area contributed by atoms with Crippen LogP contribution in [0.25, 0.3) is 0 Å². The second-order valence-electron chi connectivity index (χ2n) is 2.43. The number of hydrogen-bond acceptors (Lipinski definition) is 4. The van der Waals surface area contributed by atoms with Crippen molar-refractivity contribution in [3.05, 3.63) is 18.7 Å². The average molecular weight is 184 g/mol. The number of aromatic nitrogens is 2. The summed E-state index contributed by atoms with van der Waals surface area (Å²) >= 11 is 0. The van der Waals surface area contributed by atoms with Crippen LogP contribution in [-0.2, 0) is 20.8 Å². The fraction of sp³-hybridized carbons (Fsp3) is 0.500. The largest absolute Gasteiger partial charge is 0.467 e. The Morgan fingerprint density at radius 1 is 1.62 bits per heavy atom. The lowest BCUT2D eigenvalue weighted by molar-refractivity contribution is -0.145. The first kappa shape index (κ1) is 9.73. The van der Waals surface area contributed by atoms with Gasteiger partial charge >= 0.3 is 5.97 Å². The third-order valence-corrected chi connectivity index (χ3v) is 1.50. The zero-order valence-corrected chi connectivity index (χ0v) is 7.47. The van der Waals surface area contributed by atoms with Crippen LogP contribution >= 0.6 is 0 Å². The SMILES string of the molecule is COC(=O)COCCn1ccnc1. The second-order valence-corrected chi connectivity index (χ2v) is 2.43. The Bertz CT molecular complexity index is 246. The minimum Gasteiger partial charge on any atom is -0.467 e. The van der Waals surface area contributed by atoms with Crippen LogP contribution in [0.1, 0.15) is 0 Å². The Hall–Kier alpha value is -1.36. The lowest BCUT2D eigenvalue weighted by Crippen LogP contribution is -2.13. The molecule has 0 atom stereocenters. The van der Waals surface area contributed by atoms with E-state index in [1.54, 1.807) is 12.5 Å². The minimum atomic E-state index is -0.356. The number of esters is 1. The zero-order chi connectivity index (χ0) is 9.52. The van der Waals surface area contributed by atoms with Gasteiger partial charge in [0.05, 0.1) is 20.0 Å². The number of carbonyl (C=O) groups excluding carboxylic acids is 1. The molecule has 0 unspecified atom stereocenters. The van der Waals surface area contributed by atoms with Crippen LogP contribution < -0.4 is 0 Å². The number of methoxy groups -OCH3 is 1. The Kier molecular flexibility index (Phi) is 3.98. The molecule has 72 valence electrons. The van der Waals surface area contributed by atoms with Gasteiger partial charge in [0.25, 0.3) is 0 Å². The predicted molar refractivity (Wildman–Crippen MR) is 45.1 cm³/mol. The molecule has 0 bridgehead atoms. The van der Waals surface area contributed by atoms with Gasteiger partial charge in [-0.2, -0.15) is 0 Å². The predicted octanol–water partition coefficient (Wildman–Crippen LogP) is 0.0727. The Balaban J connectivity index is 2.05. The minimum absolute atomic E-state index is 0.00516. The molecular weight excluding hydrogens is 172 g/mol. The van der Waals surface area contributed by atoms with E-state index in [4.69, 9.17) is 4.74 Å². The van der Waals surface area contributed by atoms with Gasteiger partial charge < -0.3 is 14.0 Å². The first-order valence-electron chi connectivity index (χ1n) is 3.93. The fourth-order valence-electron chi connectivity index (χ4n) is 0.803. The van der Waals surface area contributed by atoms with Crippen molar-refractivity contribution in [2.45, 2.75) is 6.54 Å². The van der Waals surface area contributed by atoms with Gasteiger partial charge in [0.1, 0.15) is 6.61 Å². The van der Waals surface area contributed by atoms with Gasteiger partial charge in [0.15, 0.2) is 0 Å². The van der Waals surface area contributed by atoms with E-state index >= 15 is 0 Å². The standard InChI is InChI=1S/C8H12N2O3/c1-12-8(11)6-13-5-4-10-3-2-9-7-10/h2-3,7H,4-6H2,1H3. The Morgan fingerprint density at radius 3 is 3.08 bits per heavy atom. The lowest BCUT2D eigenvalue weighted by atomic mass is 10.6. The highest BCUT2D eigenvalue weighted by molar-refractivity contribution is 5.70. The molecule has 0 saturated heterocycles. The van der Waals surface area contributed by atoms with Crippen LogP contribution in [0.4, 0.5) is 0 Å². The number of rotatable bonds is 5. The molecule has 0 spiro atoms. The van der Waals surface area contributed by atoms with E-state index in [1.807, 2.05) is 10.8 Å². The fourth-order valence-corrected chi connectivity index (χ4v) is 0.803. The van der Waals surface area contributed by atoms with Crippen LogP contribution in [0.2, 0.25) is 0 Å². The second kappa shape index (κ2) is 5.31. The summed E-state index contributed by atoms with van der Waals surface area (Å²) in [6.07, 6.45) is 5.23. The first-order valence-corrected chi connectivity index (χ1v) is 3.93. The molecule has 1 heterocycles. The van der Waals surface area contributed by atoms with E-state index in [1.165, 1.54) is 7.11 Å². The van der Waals surface area contributed by atoms with Gasteiger partial charge in [-0.3, -0.25) is 0 Å². The monoisotopic (exact) mass is 184 g/mol. The van der Waals surface area contributed by atoms with Gasteiger partial charge in [-0.15, -0.1) is 0 Å². The maximum atomic E-state index is 10.6. The molecule has 13 heavy (non-hydrogen) atoms. The number of imidazole rings is 1. The molecule has 0 aromatic carbocycles. The highest BCUT2D eigenvalue weighted by Gasteiger charge is 1.98. The quantitative estimate of drug-likeness (QED) is 0.480. The number of carbonyl (C=O) groups is 1. The molecule has 0 aliphatic rings. The molecule has 0 fully saturated rings. The molecule has 1 aromatic heterocycles. The summed E-state index contributed by atoms with van der Waals surface area (Å²) in [5, 5.41) is 0. The molecule has 0 aliphatic carbocycles. The Labute approximate surface area is 76.3 Å². The summed E-state index contributed by atoms with van der Waals surface area (Å²) in [6.45, 7) is 1.17. The van der Waals surface area contributed by atoms with Crippen molar-refractivity contribution < 1.29 is 14.3 Å². The van der Waals surface area contributed by atoms with Gasteiger partial charge in [-0.05, 0) is 0 Å². The summed E-state index contributed by atoms with van der Waals surface area (Å²) in [5.41, 5.74) is 0. The van der Waals surface area contributed by atoms with Crippen molar-refractivity contribution in [3.8, 4) is 0 Å². The lowest BCUT2D eigenvalue weighted by Gasteiger charge is -2.02. The molecule has 0 amide bonds. The van der Waals surface area contributed by atoms with Crippen molar-refractivity contribution in [2.24, 2.45) is 0 Å². The van der Waals surface area contributed by atoms with Crippen molar-refractivity contribution in [3.63, 3.8) is 0 Å². The van der Waals surface area contributed by atoms with Crippen LogP contribution in [0.3, 0.4) is 0 Å². The zero-order valence-electron chi connectivity index (χ0n) is 7.47. The van der Waals surface area contributed by atoms with Crippen molar-refractivity contribution in [2.75, 3.05) is 20.3 Å². The van der Waals surface area contributed by atoms with E-state index in [-0.39, 0.29) is 12.6 Å². The summed E-state index contributed by atoms with van der Waals surface area (Å²) in [4.78, 5) is 14.5. The summed E-state index contributed by atoms with van der Waals surface area (Å²) in [7, 11) is 1.33. The molecular formula is C8H12N2O3. The average Bonchev–Trinajstić information content (AvgIpc) is 2.64. The van der Waals surface area contributed by atoms with Gasteiger partial charge in [0, 0.05) is 18.9 Å². The molecule has 0 saturated carbocycles.